The fourth-order valence-corrected chi connectivity index (χ4v) is 2.19. The standard InChI is InChI=1S/C15H17N5O/c16-15-18-8-6-11(20-15)4-1-2-9-21-13-10-19-14-12(13)5-3-7-17-14/h3,5-8,10H,1-2,4,9H2,(H,17,19)(H2,16,18,20). The summed E-state index contributed by atoms with van der Waals surface area (Å²) in [5.41, 5.74) is 7.37. The maximum atomic E-state index is 5.79. The van der Waals surface area contributed by atoms with Crippen LogP contribution in [0.4, 0.5) is 5.95 Å². The highest BCUT2D eigenvalue weighted by molar-refractivity contribution is 5.82. The molecule has 0 aliphatic heterocycles. The molecular weight excluding hydrogens is 266 g/mol. The quantitative estimate of drug-likeness (QED) is 0.678. The number of nitrogen functional groups attached to an aromatic ring is 1. The van der Waals surface area contributed by atoms with Gasteiger partial charge < -0.3 is 15.5 Å². The van der Waals surface area contributed by atoms with E-state index in [0.29, 0.717) is 12.6 Å². The number of aromatic nitrogens is 4. The van der Waals surface area contributed by atoms with Gasteiger partial charge in [-0.15, -0.1) is 0 Å². The fraction of sp³-hybridized carbons (Fsp3) is 0.267. The molecule has 0 saturated heterocycles. The molecule has 6 heteroatoms. The highest BCUT2D eigenvalue weighted by Crippen LogP contribution is 2.23. The Labute approximate surface area is 122 Å². The van der Waals surface area contributed by atoms with Crippen LogP contribution in [0.5, 0.6) is 5.75 Å². The van der Waals surface area contributed by atoms with E-state index in [4.69, 9.17) is 10.5 Å². The number of ether oxygens (including phenoxy) is 1. The molecule has 3 aromatic rings. The minimum atomic E-state index is 0.329. The summed E-state index contributed by atoms with van der Waals surface area (Å²) in [7, 11) is 0. The normalized spacial score (nSPS) is 10.9. The number of aromatic amines is 1. The fourth-order valence-electron chi connectivity index (χ4n) is 2.19. The lowest BCUT2D eigenvalue weighted by molar-refractivity contribution is 0.310. The van der Waals surface area contributed by atoms with Crippen LogP contribution in [-0.4, -0.2) is 26.5 Å². The van der Waals surface area contributed by atoms with Gasteiger partial charge in [-0.2, -0.15) is 0 Å². The molecule has 21 heavy (non-hydrogen) atoms. The highest BCUT2D eigenvalue weighted by Gasteiger charge is 2.04. The molecule has 0 amide bonds. The molecule has 108 valence electrons. The first-order valence-electron chi connectivity index (χ1n) is 6.95. The van der Waals surface area contributed by atoms with Crippen molar-refractivity contribution in [1.29, 1.82) is 0 Å². The van der Waals surface area contributed by atoms with E-state index >= 15 is 0 Å². The zero-order valence-corrected chi connectivity index (χ0v) is 11.6. The maximum absolute atomic E-state index is 5.79. The van der Waals surface area contributed by atoms with E-state index in [9.17, 15) is 0 Å². The van der Waals surface area contributed by atoms with E-state index in [2.05, 4.69) is 19.9 Å². The van der Waals surface area contributed by atoms with Crippen molar-refractivity contribution in [2.45, 2.75) is 19.3 Å². The van der Waals surface area contributed by atoms with Gasteiger partial charge in [0.2, 0.25) is 5.95 Å². The topological polar surface area (TPSA) is 89.7 Å². The summed E-state index contributed by atoms with van der Waals surface area (Å²) in [6.45, 7) is 0.669. The van der Waals surface area contributed by atoms with Crippen molar-refractivity contribution in [2.24, 2.45) is 0 Å². The molecule has 0 atom stereocenters. The second-order valence-electron chi connectivity index (χ2n) is 4.76. The van der Waals surface area contributed by atoms with Gasteiger partial charge in [0.15, 0.2) is 0 Å². The number of rotatable bonds is 6. The molecule has 3 aromatic heterocycles. The number of fused-ring (bicyclic) bond motifs is 1. The third kappa shape index (κ3) is 3.28. The van der Waals surface area contributed by atoms with Gasteiger partial charge in [0.25, 0.3) is 0 Å². The van der Waals surface area contributed by atoms with E-state index in [-0.39, 0.29) is 0 Å². The molecule has 0 aliphatic rings. The molecule has 0 fully saturated rings. The minimum Gasteiger partial charge on any atom is -0.491 e. The third-order valence-corrected chi connectivity index (χ3v) is 3.23. The van der Waals surface area contributed by atoms with E-state index in [1.54, 1.807) is 12.4 Å². The molecule has 3 heterocycles. The van der Waals surface area contributed by atoms with Crippen LogP contribution in [0.1, 0.15) is 18.5 Å². The number of H-pyrrole nitrogens is 1. The molecule has 0 aromatic carbocycles. The number of nitrogens with one attached hydrogen (secondary N) is 1. The predicted molar refractivity (Wildman–Crippen MR) is 81.0 cm³/mol. The van der Waals surface area contributed by atoms with Gasteiger partial charge in [0.1, 0.15) is 11.4 Å². The Hall–Kier alpha value is -2.63. The average molecular weight is 283 g/mol. The van der Waals surface area contributed by atoms with Crippen molar-refractivity contribution in [3.63, 3.8) is 0 Å². The highest BCUT2D eigenvalue weighted by atomic mass is 16.5. The molecule has 6 nitrogen and oxygen atoms in total. The second kappa shape index (κ2) is 6.21. The second-order valence-corrected chi connectivity index (χ2v) is 4.76. The van der Waals surface area contributed by atoms with Crippen LogP contribution >= 0.6 is 0 Å². The molecule has 0 bridgehead atoms. The molecule has 3 N–H and O–H groups in total. The van der Waals surface area contributed by atoms with Crippen LogP contribution in [-0.2, 0) is 6.42 Å². The summed E-state index contributed by atoms with van der Waals surface area (Å²) in [4.78, 5) is 15.4. The molecule has 0 unspecified atom stereocenters. The molecule has 3 rings (SSSR count). The number of pyridine rings is 1. The summed E-state index contributed by atoms with van der Waals surface area (Å²) in [6, 6.07) is 5.79. The van der Waals surface area contributed by atoms with Gasteiger partial charge in [-0.25, -0.2) is 15.0 Å². The van der Waals surface area contributed by atoms with Crippen molar-refractivity contribution < 1.29 is 4.74 Å². The van der Waals surface area contributed by atoms with E-state index in [0.717, 1.165) is 41.7 Å². The van der Waals surface area contributed by atoms with E-state index < -0.39 is 0 Å². The first kappa shape index (κ1) is 13.4. The first-order valence-corrected chi connectivity index (χ1v) is 6.95. The molecular formula is C15H17N5O. The van der Waals surface area contributed by atoms with Gasteiger partial charge in [-0.1, -0.05) is 0 Å². The van der Waals surface area contributed by atoms with Gasteiger partial charge >= 0.3 is 0 Å². The Morgan fingerprint density at radius 3 is 3.00 bits per heavy atom. The minimum absolute atomic E-state index is 0.329. The van der Waals surface area contributed by atoms with E-state index in [1.165, 1.54) is 0 Å². The van der Waals surface area contributed by atoms with Crippen LogP contribution in [0, 0.1) is 0 Å². The monoisotopic (exact) mass is 283 g/mol. The lowest BCUT2D eigenvalue weighted by atomic mass is 10.2. The van der Waals surface area contributed by atoms with E-state index in [1.807, 2.05) is 24.4 Å². The number of hydrogen-bond donors (Lipinski definition) is 2. The Kier molecular flexibility index (Phi) is 3.95. The van der Waals surface area contributed by atoms with Crippen molar-refractivity contribution in [3.05, 3.63) is 42.5 Å². The Morgan fingerprint density at radius 1 is 1.14 bits per heavy atom. The summed E-state index contributed by atoms with van der Waals surface area (Å²) < 4.78 is 5.79. The lowest BCUT2D eigenvalue weighted by Gasteiger charge is -2.04. The molecule has 0 spiro atoms. The Bertz CT molecular complexity index is 725. The molecule has 0 saturated carbocycles. The zero-order valence-electron chi connectivity index (χ0n) is 11.6. The molecule has 0 aliphatic carbocycles. The summed E-state index contributed by atoms with van der Waals surface area (Å²) in [6.07, 6.45) is 8.13. The third-order valence-electron chi connectivity index (χ3n) is 3.23. The number of anilines is 1. The Morgan fingerprint density at radius 2 is 2.10 bits per heavy atom. The smallest absolute Gasteiger partial charge is 0.220 e. The number of aryl methyl sites for hydroxylation is 1. The van der Waals surface area contributed by atoms with Crippen LogP contribution in [0.3, 0.4) is 0 Å². The lowest BCUT2D eigenvalue weighted by Crippen LogP contribution is -2.01. The van der Waals surface area contributed by atoms with Gasteiger partial charge in [0, 0.05) is 24.3 Å². The number of nitrogens with two attached hydrogens (primary N) is 1. The largest absolute Gasteiger partial charge is 0.491 e. The summed E-state index contributed by atoms with van der Waals surface area (Å²) in [5, 5.41) is 1.01. The van der Waals surface area contributed by atoms with Crippen molar-refractivity contribution in [1.82, 2.24) is 19.9 Å². The first-order chi connectivity index (χ1) is 10.3. The van der Waals surface area contributed by atoms with Crippen LogP contribution in [0.15, 0.2) is 36.8 Å². The van der Waals surface area contributed by atoms with Crippen molar-refractivity contribution >= 4 is 17.0 Å². The van der Waals surface area contributed by atoms with Crippen LogP contribution < -0.4 is 10.5 Å². The summed E-state index contributed by atoms with van der Waals surface area (Å²) in [5.74, 6) is 1.18. The van der Waals surface area contributed by atoms with Gasteiger partial charge in [-0.05, 0) is 37.5 Å². The van der Waals surface area contributed by atoms with Crippen molar-refractivity contribution in [2.75, 3.05) is 12.3 Å². The van der Waals surface area contributed by atoms with Crippen LogP contribution in [0.25, 0.3) is 11.0 Å². The maximum Gasteiger partial charge on any atom is 0.220 e. The van der Waals surface area contributed by atoms with Crippen LogP contribution in [0.2, 0.25) is 0 Å². The predicted octanol–water partition coefficient (Wildman–Crippen LogP) is 2.34. The summed E-state index contributed by atoms with van der Waals surface area (Å²) >= 11 is 0. The van der Waals surface area contributed by atoms with Gasteiger partial charge in [-0.3, -0.25) is 0 Å². The Balaban J connectivity index is 1.46. The number of unbranched alkanes of at least 4 members (excludes halogenated alkanes) is 1. The average Bonchev–Trinajstić information content (AvgIpc) is 2.90. The number of nitrogens with zero attached hydrogens (tertiary/aromatic N) is 3. The number of hydrogen-bond acceptors (Lipinski definition) is 5. The zero-order chi connectivity index (χ0) is 14.5. The van der Waals surface area contributed by atoms with Crippen molar-refractivity contribution in [3.8, 4) is 5.75 Å². The SMILES string of the molecule is Nc1nccc(CCCCOc2c[nH]c3ncccc23)n1. The molecule has 0 radical (unpaired) electrons. The van der Waals surface area contributed by atoms with Gasteiger partial charge in [0.05, 0.1) is 12.0 Å².